The van der Waals surface area contributed by atoms with Crippen LogP contribution >= 0.6 is 11.3 Å². The van der Waals surface area contributed by atoms with E-state index in [9.17, 15) is 14.0 Å². The quantitative estimate of drug-likeness (QED) is 0.490. The summed E-state index contributed by atoms with van der Waals surface area (Å²) in [5.74, 6) is -0.897. The molecule has 4 rings (SSSR count). The van der Waals surface area contributed by atoms with Gasteiger partial charge in [0.25, 0.3) is 11.8 Å². The first kappa shape index (κ1) is 23.9. The molecule has 34 heavy (non-hydrogen) atoms. The van der Waals surface area contributed by atoms with Crippen molar-refractivity contribution in [2.24, 2.45) is 0 Å². The van der Waals surface area contributed by atoms with Crippen LogP contribution in [-0.2, 0) is 11.3 Å². The minimum Gasteiger partial charge on any atom is -0.377 e. The highest BCUT2D eigenvalue weighted by Gasteiger charge is 2.25. The van der Waals surface area contributed by atoms with E-state index in [4.69, 9.17) is 4.74 Å². The fourth-order valence-electron chi connectivity index (χ4n) is 4.07. The molecule has 0 bridgehead atoms. The molecular formula is C26H28FN3O3S. The number of anilines is 2. The van der Waals surface area contributed by atoms with Gasteiger partial charge in [-0.25, -0.2) is 4.39 Å². The number of halogens is 1. The zero-order valence-corrected chi connectivity index (χ0v) is 20.1. The summed E-state index contributed by atoms with van der Waals surface area (Å²) in [4.78, 5) is 30.4. The van der Waals surface area contributed by atoms with Gasteiger partial charge in [-0.05, 0) is 66.2 Å². The number of ether oxygens (including phenoxy) is 1. The molecule has 1 aromatic heterocycles. The molecule has 0 unspecified atom stereocenters. The van der Waals surface area contributed by atoms with Gasteiger partial charge in [-0.1, -0.05) is 12.1 Å². The largest absolute Gasteiger partial charge is 0.377 e. The summed E-state index contributed by atoms with van der Waals surface area (Å²) in [6, 6.07) is 14.9. The highest BCUT2D eigenvalue weighted by atomic mass is 32.1. The van der Waals surface area contributed by atoms with E-state index in [2.05, 4.69) is 5.32 Å². The zero-order valence-electron chi connectivity index (χ0n) is 19.3. The molecule has 0 saturated carbocycles. The van der Waals surface area contributed by atoms with E-state index in [1.54, 1.807) is 6.07 Å². The van der Waals surface area contributed by atoms with Crippen LogP contribution in [0.1, 0.15) is 38.4 Å². The van der Waals surface area contributed by atoms with Crippen LogP contribution in [0.15, 0.2) is 60.0 Å². The van der Waals surface area contributed by atoms with Gasteiger partial charge in [0.1, 0.15) is 5.82 Å². The Labute approximate surface area is 203 Å². The van der Waals surface area contributed by atoms with Crippen LogP contribution in [0, 0.1) is 5.82 Å². The summed E-state index contributed by atoms with van der Waals surface area (Å²) in [5, 5.41) is 4.74. The average molecular weight is 482 g/mol. The second kappa shape index (κ2) is 10.8. The topological polar surface area (TPSA) is 61.9 Å². The number of amides is 2. The molecule has 1 aliphatic rings. The lowest BCUT2D eigenvalue weighted by molar-refractivity contribution is 0.0511. The highest BCUT2D eigenvalue weighted by molar-refractivity contribution is 7.12. The van der Waals surface area contributed by atoms with Crippen LogP contribution in [0.2, 0.25) is 0 Å². The van der Waals surface area contributed by atoms with E-state index in [-0.39, 0.29) is 17.6 Å². The van der Waals surface area contributed by atoms with Crippen molar-refractivity contribution in [1.29, 1.82) is 0 Å². The Bertz CT molecular complexity index is 1140. The fourth-order valence-corrected chi connectivity index (χ4v) is 4.77. The molecule has 0 aliphatic carbocycles. The normalized spacial score (nSPS) is 15.2. The molecule has 1 fully saturated rings. The van der Waals surface area contributed by atoms with Crippen molar-refractivity contribution in [3.8, 4) is 0 Å². The van der Waals surface area contributed by atoms with Crippen LogP contribution < -0.4 is 10.2 Å². The molecule has 1 atom stereocenters. The summed E-state index contributed by atoms with van der Waals surface area (Å²) in [6.45, 7) is 1.59. The van der Waals surface area contributed by atoms with Crippen molar-refractivity contribution in [3.05, 3.63) is 81.8 Å². The molecular weight excluding hydrogens is 453 g/mol. The first-order valence-electron chi connectivity index (χ1n) is 11.2. The Morgan fingerprint density at radius 3 is 2.68 bits per heavy atom. The van der Waals surface area contributed by atoms with Crippen molar-refractivity contribution in [2.45, 2.75) is 25.5 Å². The summed E-state index contributed by atoms with van der Waals surface area (Å²) in [6.07, 6.45) is 1.94. The number of carbonyl (C=O) groups is 2. The monoisotopic (exact) mass is 481 g/mol. The predicted octanol–water partition coefficient (Wildman–Crippen LogP) is 5.03. The second-order valence-electron chi connectivity index (χ2n) is 8.50. The van der Waals surface area contributed by atoms with Gasteiger partial charge in [0.2, 0.25) is 0 Å². The third kappa shape index (κ3) is 5.81. The Kier molecular flexibility index (Phi) is 7.59. The van der Waals surface area contributed by atoms with Crippen molar-refractivity contribution in [2.75, 3.05) is 37.5 Å². The number of nitrogens with zero attached hydrogens (tertiary/aromatic N) is 2. The standard InChI is InChI=1S/C26H28FN3O3S/c1-29(2)23-11-10-21(28-25(31)18-6-3-7-20(27)14-18)15-19(23)16-30(17-22-8-4-12-33-22)26(32)24-9-5-13-34-24/h3,5-7,9-11,13-15,22H,4,8,12,16-17H2,1-2H3,(H,28,31)/t22-/m1/s1. The molecule has 6 nitrogen and oxygen atoms in total. The van der Waals surface area contributed by atoms with E-state index >= 15 is 0 Å². The van der Waals surface area contributed by atoms with E-state index in [1.807, 2.05) is 59.6 Å². The number of nitrogens with one attached hydrogen (secondary N) is 1. The SMILES string of the molecule is CN(C)c1ccc(NC(=O)c2cccc(F)c2)cc1CN(C[C@H]1CCCO1)C(=O)c1cccs1. The van der Waals surface area contributed by atoms with Crippen LogP contribution in [0.3, 0.4) is 0 Å². The van der Waals surface area contributed by atoms with Crippen LogP contribution in [0.5, 0.6) is 0 Å². The molecule has 3 aromatic rings. The molecule has 0 radical (unpaired) electrons. The first-order chi connectivity index (χ1) is 16.4. The molecule has 1 saturated heterocycles. The van der Waals surface area contributed by atoms with E-state index < -0.39 is 11.7 Å². The number of carbonyl (C=O) groups excluding carboxylic acids is 2. The summed E-state index contributed by atoms with van der Waals surface area (Å²) in [5.41, 5.74) is 2.66. The molecule has 2 amide bonds. The van der Waals surface area contributed by atoms with Gasteiger partial charge < -0.3 is 19.9 Å². The predicted molar refractivity (Wildman–Crippen MR) is 133 cm³/mol. The van der Waals surface area contributed by atoms with Gasteiger partial charge in [-0.2, -0.15) is 0 Å². The lowest BCUT2D eigenvalue weighted by Crippen LogP contribution is -2.37. The second-order valence-corrected chi connectivity index (χ2v) is 9.45. The molecule has 2 heterocycles. The number of benzene rings is 2. The number of hydrogen-bond donors (Lipinski definition) is 1. The Hall–Kier alpha value is -3.23. The van der Waals surface area contributed by atoms with Crippen LogP contribution in [0.25, 0.3) is 0 Å². The van der Waals surface area contributed by atoms with Crippen molar-refractivity contribution in [3.63, 3.8) is 0 Å². The minimum atomic E-state index is -0.465. The van der Waals surface area contributed by atoms with Gasteiger partial charge in [-0.15, -0.1) is 11.3 Å². The van der Waals surface area contributed by atoms with Gasteiger partial charge in [0, 0.05) is 50.7 Å². The third-order valence-corrected chi connectivity index (χ3v) is 6.59. The molecule has 178 valence electrons. The summed E-state index contributed by atoms with van der Waals surface area (Å²) < 4.78 is 19.4. The molecule has 1 N–H and O–H groups in total. The first-order valence-corrected chi connectivity index (χ1v) is 12.1. The van der Waals surface area contributed by atoms with Crippen molar-refractivity contribution < 1.29 is 18.7 Å². The van der Waals surface area contributed by atoms with Gasteiger partial charge in [0.05, 0.1) is 11.0 Å². The molecule has 2 aromatic carbocycles. The molecule has 8 heteroatoms. The van der Waals surface area contributed by atoms with Gasteiger partial charge in [0.15, 0.2) is 0 Å². The third-order valence-electron chi connectivity index (χ3n) is 5.73. The maximum absolute atomic E-state index is 13.5. The summed E-state index contributed by atoms with van der Waals surface area (Å²) in [7, 11) is 3.88. The van der Waals surface area contributed by atoms with Gasteiger partial charge in [-0.3, -0.25) is 9.59 Å². The maximum atomic E-state index is 13.5. The Balaban J connectivity index is 1.60. The van der Waals surface area contributed by atoms with E-state index in [0.717, 1.165) is 30.7 Å². The van der Waals surface area contributed by atoms with Crippen LogP contribution in [0.4, 0.5) is 15.8 Å². The highest BCUT2D eigenvalue weighted by Crippen LogP contribution is 2.27. The fraction of sp³-hybridized carbons (Fsp3) is 0.308. The number of hydrogen-bond acceptors (Lipinski definition) is 5. The smallest absolute Gasteiger partial charge is 0.264 e. The Morgan fingerprint density at radius 2 is 2.00 bits per heavy atom. The van der Waals surface area contributed by atoms with E-state index in [0.29, 0.717) is 23.7 Å². The molecule has 0 spiro atoms. The number of thiophene rings is 1. The van der Waals surface area contributed by atoms with Crippen molar-refractivity contribution in [1.82, 2.24) is 4.90 Å². The summed E-state index contributed by atoms with van der Waals surface area (Å²) >= 11 is 1.42. The molecule has 1 aliphatic heterocycles. The van der Waals surface area contributed by atoms with Crippen LogP contribution in [-0.4, -0.2) is 50.1 Å². The Morgan fingerprint density at radius 1 is 1.15 bits per heavy atom. The number of rotatable bonds is 8. The average Bonchev–Trinajstić information content (AvgIpc) is 3.53. The minimum absolute atomic E-state index is 0.0163. The van der Waals surface area contributed by atoms with Gasteiger partial charge >= 0.3 is 0 Å². The lowest BCUT2D eigenvalue weighted by atomic mass is 10.1. The maximum Gasteiger partial charge on any atom is 0.264 e. The van der Waals surface area contributed by atoms with E-state index in [1.165, 1.54) is 29.5 Å². The van der Waals surface area contributed by atoms with Crippen molar-refractivity contribution >= 4 is 34.5 Å². The lowest BCUT2D eigenvalue weighted by Gasteiger charge is -2.28. The zero-order chi connectivity index (χ0) is 24.1.